The molecule has 0 aliphatic carbocycles. The smallest absolute Gasteiger partial charge is 0.325 e. The van der Waals surface area contributed by atoms with Crippen molar-refractivity contribution in [1.29, 1.82) is 0 Å². The Bertz CT molecular complexity index is 640. The van der Waals surface area contributed by atoms with Crippen LogP contribution in [-0.2, 0) is 11.3 Å². The number of benzene rings is 1. The van der Waals surface area contributed by atoms with Crippen LogP contribution in [0.2, 0.25) is 0 Å². The molecule has 6 heteroatoms. The second kappa shape index (κ2) is 6.34. The fourth-order valence-corrected chi connectivity index (χ4v) is 2.40. The first-order valence-electron chi connectivity index (χ1n) is 7.14. The lowest BCUT2D eigenvalue weighted by atomic mass is 10.3. The number of carbonyl (C=O) groups is 2. The van der Waals surface area contributed by atoms with Gasteiger partial charge in [-0.3, -0.25) is 9.69 Å². The topological polar surface area (TPSA) is 65.8 Å². The second-order valence-corrected chi connectivity index (χ2v) is 5.05. The van der Waals surface area contributed by atoms with Gasteiger partial charge in [0.15, 0.2) is 0 Å². The lowest BCUT2D eigenvalue weighted by Gasteiger charge is -2.18. The van der Waals surface area contributed by atoms with Crippen LogP contribution in [0.15, 0.2) is 53.1 Å². The molecule has 1 aliphatic heterocycles. The maximum absolute atomic E-state index is 12.3. The first kappa shape index (κ1) is 14.2. The van der Waals surface area contributed by atoms with E-state index < -0.39 is 0 Å². The van der Waals surface area contributed by atoms with E-state index >= 15 is 0 Å². The van der Waals surface area contributed by atoms with Crippen LogP contribution in [0.5, 0.6) is 0 Å². The maximum Gasteiger partial charge on any atom is 0.325 e. The van der Waals surface area contributed by atoms with E-state index in [-0.39, 0.29) is 18.5 Å². The van der Waals surface area contributed by atoms with Crippen molar-refractivity contribution in [3.63, 3.8) is 0 Å². The van der Waals surface area contributed by atoms with Gasteiger partial charge in [0.1, 0.15) is 12.3 Å². The van der Waals surface area contributed by atoms with E-state index in [4.69, 9.17) is 4.42 Å². The van der Waals surface area contributed by atoms with Crippen LogP contribution in [0.3, 0.4) is 0 Å². The van der Waals surface area contributed by atoms with Gasteiger partial charge in [0.25, 0.3) is 0 Å². The Kier molecular flexibility index (Phi) is 4.09. The third kappa shape index (κ3) is 3.11. The average Bonchev–Trinajstić information content (AvgIpc) is 3.17. The summed E-state index contributed by atoms with van der Waals surface area (Å²) < 4.78 is 5.15. The summed E-state index contributed by atoms with van der Waals surface area (Å²) in [4.78, 5) is 27.5. The lowest BCUT2D eigenvalue weighted by Crippen LogP contribution is -2.39. The van der Waals surface area contributed by atoms with Crippen molar-refractivity contribution in [2.75, 3.05) is 24.5 Å². The van der Waals surface area contributed by atoms with E-state index in [1.165, 1.54) is 0 Å². The van der Waals surface area contributed by atoms with E-state index in [2.05, 4.69) is 5.32 Å². The Labute approximate surface area is 128 Å². The second-order valence-electron chi connectivity index (χ2n) is 5.05. The minimum atomic E-state index is -0.195. The van der Waals surface area contributed by atoms with Gasteiger partial charge < -0.3 is 14.6 Å². The van der Waals surface area contributed by atoms with Crippen LogP contribution in [-0.4, -0.2) is 36.5 Å². The predicted molar refractivity (Wildman–Crippen MR) is 81.3 cm³/mol. The molecule has 0 radical (unpaired) electrons. The first-order chi connectivity index (χ1) is 10.7. The molecule has 2 aromatic rings. The third-order valence-corrected chi connectivity index (χ3v) is 3.54. The normalized spacial score (nSPS) is 14.5. The maximum atomic E-state index is 12.3. The molecule has 1 saturated heterocycles. The molecule has 0 saturated carbocycles. The molecule has 1 aliphatic rings. The Hall–Kier alpha value is -2.76. The van der Waals surface area contributed by atoms with Gasteiger partial charge in [-0.15, -0.1) is 0 Å². The number of rotatable bonds is 5. The Morgan fingerprint density at radius 2 is 1.95 bits per heavy atom. The number of amides is 3. The monoisotopic (exact) mass is 299 g/mol. The SMILES string of the molecule is O=C(CN1CCN(c2ccccc2)C1=O)NCc1ccco1. The first-order valence-corrected chi connectivity index (χ1v) is 7.14. The summed E-state index contributed by atoms with van der Waals surface area (Å²) in [6.07, 6.45) is 1.56. The van der Waals surface area contributed by atoms with Crippen molar-refractivity contribution in [2.24, 2.45) is 0 Å². The number of hydrogen-bond acceptors (Lipinski definition) is 3. The van der Waals surface area contributed by atoms with Gasteiger partial charge >= 0.3 is 6.03 Å². The molecule has 1 aromatic carbocycles. The number of nitrogens with zero attached hydrogens (tertiary/aromatic N) is 2. The minimum absolute atomic E-state index is 0.0584. The molecule has 1 fully saturated rings. The average molecular weight is 299 g/mol. The quantitative estimate of drug-likeness (QED) is 0.916. The van der Waals surface area contributed by atoms with Crippen LogP contribution in [0.25, 0.3) is 0 Å². The van der Waals surface area contributed by atoms with Crippen molar-refractivity contribution in [1.82, 2.24) is 10.2 Å². The van der Waals surface area contributed by atoms with Crippen molar-refractivity contribution >= 4 is 17.6 Å². The zero-order chi connectivity index (χ0) is 15.4. The molecule has 0 bridgehead atoms. The summed E-state index contributed by atoms with van der Waals surface area (Å²) >= 11 is 0. The van der Waals surface area contributed by atoms with Gasteiger partial charge in [-0.25, -0.2) is 4.79 Å². The van der Waals surface area contributed by atoms with Crippen molar-refractivity contribution in [3.05, 3.63) is 54.5 Å². The summed E-state index contributed by atoms with van der Waals surface area (Å²) in [5.74, 6) is 0.492. The number of furan rings is 1. The predicted octanol–water partition coefficient (Wildman–Crippen LogP) is 1.84. The number of para-hydroxylation sites is 1. The highest BCUT2D eigenvalue weighted by atomic mass is 16.3. The summed E-state index contributed by atoms with van der Waals surface area (Å²) in [6.45, 7) is 1.52. The number of anilines is 1. The van der Waals surface area contributed by atoms with E-state index in [0.29, 0.717) is 25.4 Å². The Balaban J connectivity index is 1.53. The van der Waals surface area contributed by atoms with Crippen LogP contribution in [0.1, 0.15) is 5.76 Å². The van der Waals surface area contributed by atoms with Gasteiger partial charge in [0.05, 0.1) is 12.8 Å². The van der Waals surface area contributed by atoms with Crippen molar-refractivity contribution in [2.45, 2.75) is 6.54 Å². The zero-order valence-electron chi connectivity index (χ0n) is 12.1. The zero-order valence-corrected chi connectivity index (χ0v) is 12.1. The number of carbonyl (C=O) groups excluding carboxylic acids is 2. The van der Waals surface area contributed by atoms with E-state index in [1.807, 2.05) is 30.3 Å². The number of nitrogens with one attached hydrogen (secondary N) is 1. The van der Waals surface area contributed by atoms with Crippen molar-refractivity contribution in [3.8, 4) is 0 Å². The largest absolute Gasteiger partial charge is 0.467 e. The van der Waals surface area contributed by atoms with Gasteiger partial charge in [-0.2, -0.15) is 0 Å². The summed E-state index contributed by atoms with van der Waals surface area (Å²) in [5.41, 5.74) is 0.853. The highest BCUT2D eigenvalue weighted by Crippen LogP contribution is 2.19. The van der Waals surface area contributed by atoms with Gasteiger partial charge in [-0.1, -0.05) is 18.2 Å². The molecule has 22 heavy (non-hydrogen) atoms. The van der Waals surface area contributed by atoms with Crippen LogP contribution in [0.4, 0.5) is 10.5 Å². The Morgan fingerprint density at radius 3 is 2.68 bits per heavy atom. The lowest BCUT2D eigenvalue weighted by molar-refractivity contribution is -0.121. The summed E-state index contributed by atoms with van der Waals surface area (Å²) in [5, 5.41) is 2.74. The molecule has 2 heterocycles. The van der Waals surface area contributed by atoms with Gasteiger partial charge in [0, 0.05) is 18.8 Å². The van der Waals surface area contributed by atoms with Gasteiger partial charge in [0.2, 0.25) is 5.91 Å². The number of urea groups is 1. The van der Waals surface area contributed by atoms with Crippen LogP contribution in [0, 0.1) is 0 Å². The third-order valence-electron chi connectivity index (χ3n) is 3.54. The van der Waals surface area contributed by atoms with E-state index in [0.717, 1.165) is 5.69 Å². The van der Waals surface area contributed by atoms with Crippen LogP contribution >= 0.6 is 0 Å². The highest BCUT2D eigenvalue weighted by molar-refractivity contribution is 5.96. The molecule has 3 rings (SSSR count). The summed E-state index contributed by atoms with van der Waals surface area (Å²) in [7, 11) is 0. The van der Waals surface area contributed by atoms with E-state index in [1.54, 1.807) is 28.2 Å². The molecule has 0 atom stereocenters. The minimum Gasteiger partial charge on any atom is -0.467 e. The molecule has 1 N–H and O–H groups in total. The molecule has 114 valence electrons. The molecule has 0 spiro atoms. The van der Waals surface area contributed by atoms with Crippen molar-refractivity contribution < 1.29 is 14.0 Å². The molecule has 0 unspecified atom stereocenters. The molecular formula is C16H17N3O3. The Morgan fingerprint density at radius 1 is 1.14 bits per heavy atom. The molecule has 1 aromatic heterocycles. The van der Waals surface area contributed by atoms with Crippen LogP contribution < -0.4 is 10.2 Å². The fourth-order valence-electron chi connectivity index (χ4n) is 2.40. The molecule has 6 nitrogen and oxygen atoms in total. The van der Waals surface area contributed by atoms with Gasteiger partial charge in [-0.05, 0) is 24.3 Å². The number of hydrogen-bond donors (Lipinski definition) is 1. The highest BCUT2D eigenvalue weighted by Gasteiger charge is 2.30. The molecule has 3 amide bonds. The summed E-state index contributed by atoms with van der Waals surface area (Å²) in [6, 6.07) is 12.9. The fraction of sp³-hybridized carbons (Fsp3) is 0.250. The standard InChI is InChI=1S/C16H17N3O3/c20-15(17-11-14-7-4-10-22-14)12-18-8-9-19(16(18)21)13-5-2-1-3-6-13/h1-7,10H,8-9,11-12H2,(H,17,20). The molecular weight excluding hydrogens is 282 g/mol. The van der Waals surface area contributed by atoms with E-state index in [9.17, 15) is 9.59 Å².